The molecule has 110 valence electrons. The average molecular weight is 288 g/mol. The van der Waals surface area contributed by atoms with E-state index in [0.717, 1.165) is 0 Å². The second kappa shape index (κ2) is 6.15. The minimum absolute atomic E-state index is 0.128. The van der Waals surface area contributed by atoms with E-state index in [4.69, 9.17) is 0 Å². The normalized spacial score (nSPS) is 12.3. The zero-order chi connectivity index (χ0) is 15.5. The van der Waals surface area contributed by atoms with Gasteiger partial charge in [0.2, 0.25) is 0 Å². The number of fused-ring (bicyclic) bond motifs is 1. The predicted octanol–water partition coefficient (Wildman–Crippen LogP) is 5.26. The molecule has 3 aromatic rings. The van der Waals surface area contributed by atoms with Crippen molar-refractivity contribution in [2.45, 2.75) is 26.2 Å². The van der Waals surface area contributed by atoms with Crippen molar-refractivity contribution >= 4 is 16.6 Å². The highest BCUT2D eigenvalue weighted by atomic mass is 16.1. The second-order valence-corrected chi connectivity index (χ2v) is 5.87. The number of carbonyl (C=O) groups is 1. The van der Waals surface area contributed by atoms with Crippen LogP contribution < -0.4 is 0 Å². The van der Waals surface area contributed by atoms with E-state index < -0.39 is 0 Å². The molecule has 0 aliphatic heterocycles. The van der Waals surface area contributed by atoms with Crippen molar-refractivity contribution in [2.75, 3.05) is 0 Å². The molecule has 22 heavy (non-hydrogen) atoms. The van der Waals surface area contributed by atoms with Gasteiger partial charge in [0.25, 0.3) is 0 Å². The molecule has 0 saturated heterocycles. The minimum Gasteiger partial charge on any atom is -0.300 e. The summed E-state index contributed by atoms with van der Waals surface area (Å²) in [6, 6.07) is 23.1. The molecule has 3 aromatic carbocycles. The van der Waals surface area contributed by atoms with Crippen molar-refractivity contribution in [3.63, 3.8) is 0 Å². The van der Waals surface area contributed by atoms with Gasteiger partial charge in [0, 0.05) is 12.3 Å². The maximum Gasteiger partial charge on any atom is 0.130 e. The summed E-state index contributed by atoms with van der Waals surface area (Å²) in [6.45, 7) is 3.83. The van der Waals surface area contributed by atoms with Gasteiger partial charge < -0.3 is 0 Å². The molecule has 0 bridgehead atoms. The number of carbonyl (C=O) groups excluding carboxylic acids is 1. The van der Waals surface area contributed by atoms with E-state index in [-0.39, 0.29) is 11.7 Å². The Hall–Kier alpha value is -2.41. The molecule has 0 amide bonds. The summed E-state index contributed by atoms with van der Waals surface area (Å²) >= 11 is 0. The molecular weight excluding hydrogens is 268 g/mol. The van der Waals surface area contributed by atoms with E-state index in [2.05, 4.69) is 55.5 Å². The van der Waals surface area contributed by atoms with Gasteiger partial charge in [0.05, 0.1) is 0 Å². The molecular formula is C21H20O. The molecule has 0 N–H and O–H groups in total. The molecule has 1 heteroatoms. The van der Waals surface area contributed by atoms with Crippen LogP contribution in [0.3, 0.4) is 0 Å². The summed E-state index contributed by atoms with van der Waals surface area (Å²) in [5.41, 5.74) is 3.73. The lowest BCUT2D eigenvalue weighted by Gasteiger charge is -2.20. The van der Waals surface area contributed by atoms with E-state index in [1.54, 1.807) is 6.92 Å². The van der Waals surface area contributed by atoms with Gasteiger partial charge >= 0.3 is 0 Å². The largest absolute Gasteiger partial charge is 0.300 e. The van der Waals surface area contributed by atoms with E-state index in [1.165, 1.54) is 27.5 Å². The van der Waals surface area contributed by atoms with E-state index in [9.17, 15) is 4.79 Å². The SMILES string of the molecule is CC(=O)CC(c1ccccc1)c1ccc2ccccc2c1C. The second-order valence-electron chi connectivity index (χ2n) is 5.87. The van der Waals surface area contributed by atoms with Crippen molar-refractivity contribution in [3.05, 3.63) is 83.4 Å². The lowest BCUT2D eigenvalue weighted by molar-refractivity contribution is -0.117. The topological polar surface area (TPSA) is 17.1 Å². The van der Waals surface area contributed by atoms with Crippen LogP contribution in [0.5, 0.6) is 0 Å². The summed E-state index contributed by atoms with van der Waals surface area (Å²) < 4.78 is 0. The number of benzene rings is 3. The van der Waals surface area contributed by atoms with Crippen LogP contribution in [0.4, 0.5) is 0 Å². The molecule has 0 aliphatic rings. The van der Waals surface area contributed by atoms with Gasteiger partial charge in [0.1, 0.15) is 5.78 Å². The number of ketones is 1. The van der Waals surface area contributed by atoms with Crippen molar-refractivity contribution in [3.8, 4) is 0 Å². The Balaban J connectivity index is 2.16. The zero-order valence-corrected chi connectivity index (χ0v) is 13.0. The van der Waals surface area contributed by atoms with Gasteiger partial charge in [-0.2, -0.15) is 0 Å². The Labute approximate surface area is 131 Å². The van der Waals surface area contributed by atoms with Gasteiger partial charge in [-0.3, -0.25) is 4.79 Å². The van der Waals surface area contributed by atoms with Gasteiger partial charge in [-0.15, -0.1) is 0 Å². The summed E-state index contributed by atoms with van der Waals surface area (Å²) in [7, 11) is 0. The molecule has 0 saturated carbocycles. The van der Waals surface area contributed by atoms with Gasteiger partial charge in [0.15, 0.2) is 0 Å². The van der Waals surface area contributed by atoms with Crippen LogP contribution in [0, 0.1) is 6.92 Å². The summed E-state index contributed by atoms with van der Waals surface area (Å²) in [5, 5.41) is 2.52. The highest BCUT2D eigenvalue weighted by Crippen LogP contribution is 2.33. The number of aryl methyl sites for hydroxylation is 1. The number of rotatable bonds is 4. The molecule has 0 aliphatic carbocycles. The Morgan fingerprint density at radius 2 is 1.59 bits per heavy atom. The quantitative estimate of drug-likeness (QED) is 0.640. The highest BCUT2D eigenvalue weighted by Gasteiger charge is 2.19. The van der Waals surface area contributed by atoms with Crippen LogP contribution in [0.15, 0.2) is 66.7 Å². The molecule has 1 unspecified atom stereocenters. The molecule has 0 aromatic heterocycles. The maximum atomic E-state index is 11.8. The van der Waals surface area contributed by atoms with Crippen molar-refractivity contribution < 1.29 is 4.79 Å². The van der Waals surface area contributed by atoms with Crippen LogP contribution in [0.1, 0.15) is 36.0 Å². The summed E-state index contributed by atoms with van der Waals surface area (Å²) in [5.74, 6) is 0.352. The predicted molar refractivity (Wildman–Crippen MR) is 92.3 cm³/mol. The molecule has 0 spiro atoms. The Morgan fingerprint density at radius 1 is 0.909 bits per heavy atom. The summed E-state index contributed by atoms with van der Waals surface area (Å²) in [6.07, 6.45) is 0.545. The highest BCUT2D eigenvalue weighted by molar-refractivity contribution is 5.87. The average Bonchev–Trinajstić information content (AvgIpc) is 2.54. The van der Waals surface area contributed by atoms with E-state index in [0.29, 0.717) is 6.42 Å². The third-order valence-corrected chi connectivity index (χ3v) is 4.31. The van der Waals surface area contributed by atoms with Gasteiger partial charge in [-0.1, -0.05) is 66.7 Å². The first-order chi connectivity index (χ1) is 10.7. The zero-order valence-electron chi connectivity index (χ0n) is 13.0. The molecule has 0 heterocycles. The van der Waals surface area contributed by atoms with Gasteiger partial charge in [-0.05, 0) is 41.3 Å². The fourth-order valence-electron chi connectivity index (χ4n) is 3.20. The maximum absolute atomic E-state index is 11.8. The summed E-state index contributed by atoms with van der Waals surface area (Å²) in [4.78, 5) is 11.8. The molecule has 0 fully saturated rings. The molecule has 1 atom stereocenters. The van der Waals surface area contributed by atoms with Crippen molar-refractivity contribution in [1.29, 1.82) is 0 Å². The van der Waals surface area contributed by atoms with Crippen LogP contribution in [0.25, 0.3) is 10.8 Å². The lowest BCUT2D eigenvalue weighted by Crippen LogP contribution is -2.08. The Bertz CT molecular complexity index is 803. The first-order valence-corrected chi connectivity index (χ1v) is 7.69. The molecule has 1 nitrogen and oxygen atoms in total. The van der Waals surface area contributed by atoms with Crippen molar-refractivity contribution in [1.82, 2.24) is 0 Å². The van der Waals surface area contributed by atoms with Gasteiger partial charge in [-0.25, -0.2) is 0 Å². The fourth-order valence-corrected chi connectivity index (χ4v) is 3.20. The lowest BCUT2D eigenvalue weighted by atomic mass is 9.83. The number of hydrogen-bond acceptors (Lipinski definition) is 1. The minimum atomic E-state index is 0.128. The fraction of sp³-hybridized carbons (Fsp3) is 0.190. The standard InChI is InChI=1S/C21H20O/c1-15(22)14-21(17-8-4-3-5-9-17)20-13-12-18-10-6-7-11-19(18)16(20)2/h3-13,21H,14H2,1-2H3. The Kier molecular flexibility index (Phi) is 4.06. The van der Waals surface area contributed by atoms with E-state index in [1.807, 2.05) is 18.2 Å². The monoisotopic (exact) mass is 288 g/mol. The van der Waals surface area contributed by atoms with Crippen LogP contribution in [0.2, 0.25) is 0 Å². The third kappa shape index (κ3) is 2.80. The van der Waals surface area contributed by atoms with Crippen LogP contribution in [-0.4, -0.2) is 5.78 Å². The first-order valence-electron chi connectivity index (χ1n) is 7.69. The van der Waals surface area contributed by atoms with E-state index >= 15 is 0 Å². The molecule has 3 rings (SSSR count). The smallest absolute Gasteiger partial charge is 0.130 e. The van der Waals surface area contributed by atoms with Crippen LogP contribution >= 0.6 is 0 Å². The number of hydrogen-bond donors (Lipinski definition) is 0. The number of Topliss-reactive ketones (excluding diaryl/α,β-unsaturated/α-hetero) is 1. The Morgan fingerprint density at radius 3 is 2.32 bits per heavy atom. The first kappa shape index (κ1) is 14.5. The van der Waals surface area contributed by atoms with Crippen LogP contribution in [-0.2, 0) is 4.79 Å². The van der Waals surface area contributed by atoms with Crippen molar-refractivity contribution in [2.24, 2.45) is 0 Å². The third-order valence-electron chi connectivity index (χ3n) is 4.31. The molecule has 0 radical (unpaired) electrons.